The second-order valence-electron chi connectivity index (χ2n) is 6.91. The third kappa shape index (κ3) is 2.34. The second kappa shape index (κ2) is 6.04. The van der Waals surface area contributed by atoms with Gasteiger partial charge in [-0.3, -0.25) is 14.3 Å². The first-order valence-electron chi connectivity index (χ1n) is 9.01. The molecule has 0 bridgehead atoms. The molecule has 2 heterocycles. The summed E-state index contributed by atoms with van der Waals surface area (Å²) in [6.07, 6.45) is 6.00. The minimum Gasteiger partial charge on any atom is -0.334 e. The SMILES string of the molecule is CCn1nc(C(=O)N2CCC2C2CCCC2)c(=O)c2ccccc21. The lowest BCUT2D eigenvalue weighted by molar-refractivity contribution is 0.0299. The average Bonchev–Trinajstić information content (AvgIpc) is 3.08. The minimum absolute atomic E-state index is 0.0817. The van der Waals surface area contributed by atoms with Gasteiger partial charge in [-0.05, 0) is 44.2 Å². The maximum Gasteiger partial charge on any atom is 0.278 e. The van der Waals surface area contributed by atoms with Gasteiger partial charge in [0.2, 0.25) is 5.43 Å². The van der Waals surface area contributed by atoms with E-state index in [0.29, 0.717) is 23.9 Å². The van der Waals surface area contributed by atoms with Gasteiger partial charge >= 0.3 is 0 Å². The molecule has 24 heavy (non-hydrogen) atoms. The number of hydrogen-bond donors (Lipinski definition) is 0. The zero-order valence-corrected chi connectivity index (χ0v) is 14.1. The quantitative estimate of drug-likeness (QED) is 0.872. The summed E-state index contributed by atoms with van der Waals surface area (Å²) < 4.78 is 1.76. The summed E-state index contributed by atoms with van der Waals surface area (Å²) in [5, 5.41) is 4.98. The molecule has 1 saturated carbocycles. The number of benzene rings is 1. The number of fused-ring (bicyclic) bond motifs is 1. The van der Waals surface area contributed by atoms with Crippen LogP contribution in [0, 0.1) is 5.92 Å². The van der Waals surface area contributed by atoms with Crippen LogP contribution in [-0.4, -0.2) is 33.2 Å². The van der Waals surface area contributed by atoms with Crippen molar-refractivity contribution < 1.29 is 4.79 Å². The molecule has 0 spiro atoms. The van der Waals surface area contributed by atoms with Gasteiger partial charge in [-0.25, -0.2) is 0 Å². The van der Waals surface area contributed by atoms with Crippen LogP contribution in [0.15, 0.2) is 29.1 Å². The monoisotopic (exact) mass is 325 g/mol. The third-order valence-corrected chi connectivity index (χ3v) is 5.64. The van der Waals surface area contributed by atoms with Crippen molar-refractivity contribution in [3.8, 4) is 0 Å². The molecule has 4 rings (SSSR count). The van der Waals surface area contributed by atoms with Crippen molar-refractivity contribution in [2.24, 2.45) is 5.92 Å². The van der Waals surface area contributed by atoms with Gasteiger partial charge in [0, 0.05) is 24.5 Å². The number of aryl methyl sites for hydroxylation is 1. The van der Waals surface area contributed by atoms with E-state index in [0.717, 1.165) is 18.5 Å². The number of likely N-dealkylation sites (tertiary alicyclic amines) is 1. The summed E-state index contributed by atoms with van der Waals surface area (Å²) in [6, 6.07) is 7.70. The predicted molar refractivity (Wildman–Crippen MR) is 93.1 cm³/mol. The molecule has 5 nitrogen and oxygen atoms in total. The Morgan fingerprint density at radius 3 is 2.62 bits per heavy atom. The van der Waals surface area contributed by atoms with Crippen LogP contribution in [0.1, 0.15) is 49.5 Å². The number of carbonyl (C=O) groups excluding carboxylic acids is 1. The third-order valence-electron chi connectivity index (χ3n) is 5.64. The smallest absolute Gasteiger partial charge is 0.278 e. The molecule has 1 aromatic heterocycles. The highest BCUT2D eigenvalue weighted by Gasteiger charge is 2.40. The molecule has 2 aromatic rings. The van der Waals surface area contributed by atoms with Gasteiger partial charge in [-0.15, -0.1) is 0 Å². The van der Waals surface area contributed by atoms with Gasteiger partial charge in [-0.2, -0.15) is 5.10 Å². The highest BCUT2D eigenvalue weighted by Crippen LogP contribution is 2.36. The summed E-state index contributed by atoms with van der Waals surface area (Å²) >= 11 is 0. The molecule has 1 aliphatic heterocycles. The number of amides is 1. The van der Waals surface area contributed by atoms with Crippen molar-refractivity contribution in [1.29, 1.82) is 0 Å². The van der Waals surface area contributed by atoms with Crippen molar-refractivity contribution in [2.75, 3.05) is 6.54 Å². The van der Waals surface area contributed by atoms with Gasteiger partial charge in [0.15, 0.2) is 5.69 Å². The molecule has 1 atom stereocenters. The summed E-state index contributed by atoms with van der Waals surface area (Å²) in [5.74, 6) is 0.424. The summed E-state index contributed by atoms with van der Waals surface area (Å²) in [7, 11) is 0. The van der Waals surface area contributed by atoms with E-state index in [-0.39, 0.29) is 17.0 Å². The van der Waals surface area contributed by atoms with Crippen molar-refractivity contribution in [1.82, 2.24) is 14.7 Å². The summed E-state index contributed by atoms with van der Waals surface area (Å²) in [6.45, 7) is 3.36. The van der Waals surface area contributed by atoms with Crippen molar-refractivity contribution in [3.05, 3.63) is 40.2 Å². The lowest BCUT2D eigenvalue weighted by Gasteiger charge is -2.44. The largest absolute Gasteiger partial charge is 0.334 e. The molecule has 2 fully saturated rings. The van der Waals surface area contributed by atoms with E-state index < -0.39 is 0 Å². The van der Waals surface area contributed by atoms with Crippen LogP contribution in [0.3, 0.4) is 0 Å². The Morgan fingerprint density at radius 1 is 1.21 bits per heavy atom. The maximum absolute atomic E-state index is 13.0. The lowest BCUT2D eigenvalue weighted by atomic mass is 9.87. The molecule has 5 heteroatoms. The van der Waals surface area contributed by atoms with Crippen molar-refractivity contribution in [3.63, 3.8) is 0 Å². The molecule has 2 aliphatic rings. The molecule has 1 aliphatic carbocycles. The Labute approximate surface area is 141 Å². The van der Waals surface area contributed by atoms with E-state index in [9.17, 15) is 9.59 Å². The minimum atomic E-state index is -0.239. The first-order valence-corrected chi connectivity index (χ1v) is 9.01. The van der Waals surface area contributed by atoms with Crippen molar-refractivity contribution >= 4 is 16.8 Å². The number of hydrogen-bond acceptors (Lipinski definition) is 3. The van der Waals surface area contributed by atoms with E-state index in [1.807, 2.05) is 30.0 Å². The highest BCUT2D eigenvalue weighted by molar-refractivity contribution is 5.96. The van der Waals surface area contributed by atoms with E-state index >= 15 is 0 Å². The van der Waals surface area contributed by atoms with E-state index in [1.54, 1.807) is 10.7 Å². The van der Waals surface area contributed by atoms with E-state index in [4.69, 9.17) is 0 Å². The van der Waals surface area contributed by atoms with Crippen molar-refractivity contribution in [2.45, 2.75) is 51.6 Å². The molecule has 0 radical (unpaired) electrons. The first-order chi connectivity index (χ1) is 11.7. The summed E-state index contributed by atoms with van der Waals surface area (Å²) in [4.78, 5) is 27.6. The van der Waals surface area contributed by atoms with Crippen LogP contribution >= 0.6 is 0 Å². The van der Waals surface area contributed by atoms with E-state index in [2.05, 4.69) is 5.10 Å². The Morgan fingerprint density at radius 2 is 1.96 bits per heavy atom. The van der Waals surface area contributed by atoms with Gasteiger partial charge in [0.1, 0.15) is 0 Å². The number of rotatable bonds is 3. The lowest BCUT2D eigenvalue weighted by Crippen LogP contribution is -2.55. The number of para-hydroxylation sites is 1. The Hall–Kier alpha value is -2.17. The van der Waals surface area contributed by atoms with Crippen LogP contribution in [0.2, 0.25) is 0 Å². The molecule has 1 unspecified atom stereocenters. The van der Waals surface area contributed by atoms with Crippen LogP contribution in [-0.2, 0) is 6.54 Å². The van der Waals surface area contributed by atoms with Gasteiger partial charge in [0.05, 0.1) is 5.52 Å². The summed E-state index contributed by atoms with van der Waals surface area (Å²) in [5.41, 5.74) is 0.633. The van der Waals surface area contributed by atoms with E-state index in [1.165, 1.54) is 25.7 Å². The molecule has 1 amide bonds. The number of nitrogens with zero attached hydrogens (tertiary/aromatic N) is 3. The molecule has 1 saturated heterocycles. The fraction of sp³-hybridized carbons (Fsp3) is 0.526. The van der Waals surface area contributed by atoms with Crippen LogP contribution in [0.4, 0.5) is 0 Å². The topological polar surface area (TPSA) is 55.2 Å². The molecule has 0 N–H and O–H groups in total. The van der Waals surface area contributed by atoms with Crippen LogP contribution in [0.25, 0.3) is 10.9 Å². The predicted octanol–water partition coefficient (Wildman–Crippen LogP) is 2.82. The average molecular weight is 325 g/mol. The van der Waals surface area contributed by atoms with Gasteiger partial charge in [0.25, 0.3) is 5.91 Å². The van der Waals surface area contributed by atoms with Crippen LogP contribution < -0.4 is 5.43 Å². The Bertz CT molecular complexity index is 836. The molecular weight excluding hydrogens is 302 g/mol. The number of aromatic nitrogens is 2. The second-order valence-corrected chi connectivity index (χ2v) is 6.91. The Balaban J connectivity index is 1.72. The van der Waals surface area contributed by atoms with Gasteiger partial charge in [-0.1, -0.05) is 25.0 Å². The maximum atomic E-state index is 13.0. The zero-order chi connectivity index (χ0) is 16.7. The number of carbonyl (C=O) groups is 1. The fourth-order valence-electron chi connectivity index (χ4n) is 4.25. The Kier molecular flexibility index (Phi) is 3.87. The first kappa shape index (κ1) is 15.4. The molecule has 1 aromatic carbocycles. The zero-order valence-electron chi connectivity index (χ0n) is 14.1. The highest BCUT2D eigenvalue weighted by atomic mass is 16.2. The fourth-order valence-corrected chi connectivity index (χ4v) is 4.25. The standard InChI is InChI=1S/C19H23N3O2/c1-2-22-16-10-6-5-9-14(16)18(23)17(20-22)19(24)21-12-11-15(21)13-7-3-4-8-13/h5-6,9-10,13,15H,2-4,7-8,11-12H2,1H3. The molecular formula is C19H23N3O2. The van der Waals surface area contributed by atoms with Crippen LogP contribution in [0.5, 0.6) is 0 Å². The molecule has 126 valence electrons. The normalized spacial score (nSPS) is 21.2. The van der Waals surface area contributed by atoms with Gasteiger partial charge < -0.3 is 4.90 Å².